The third kappa shape index (κ3) is 1.95. The van der Waals surface area contributed by atoms with Crippen LogP contribution in [0.1, 0.15) is 20.7 Å². The van der Waals surface area contributed by atoms with Crippen molar-refractivity contribution >= 4 is 40.7 Å². The van der Waals surface area contributed by atoms with Gasteiger partial charge in [-0.1, -0.05) is 23.2 Å². The Balaban J connectivity index is 2.14. The van der Waals surface area contributed by atoms with E-state index >= 15 is 0 Å². The van der Waals surface area contributed by atoms with Crippen molar-refractivity contribution < 1.29 is 14.0 Å². The molecule has 0 bridgehead atoms. The fourth-order valence-electron chi connectivity index (χ4n) is 2.03. The molecule has 20 heavy (non-hydrogen) atoms. The summed E-state index contributed by atoms with van der Waals surface area (Å²) < 4.78 is 13.2. The summed E-state index contributed by atoms with van der Waals surface area (Å²) in [6.45, 7) is 0. The predicted octanol–water partition coefficient (Wildman–Crippen LogP) is 3.33. The van der Waals surface area contributed by atoms with E-state index in [4.69, 9.17) is 23.2 Å². The highest BCUT2D eigenvalue weighted by atomic mass is 35.5. The maximum absolute atomic E-state index is 13.2. The third-order valence-electron chi connectivity index (χ3n) is 2.85. The second-order valence-corrected chi connectivity index (χ2v) is 4.88. The fraction of sp³-hybridized carbons (Fsp3) is 0. The average Bonchev–Trinajstić information content (AvgIpc) is 2.60. The normalized spacial score (nSPS) is 13.8. The lowest BCUT2D eigenvalue weighted by Gasteiger charge is -2.14. The topological polar surface area (TPSA) is 50.3 Å². The number of anilines is 1. The Morgan fingerprint density at radius 1 is 0.950 bits per heavy atom. The average molecular weight is 311 g/mol. The Kier molecular flexibility index (Phi) is 2.96. The van der Waals surface area contributed by atoms with Crippen LogP contribution in [0.5, 0.6) is 0 Å². The van der Waals surface area contributed by atoms with E-state index in [1.54, 1.807) is 0 Å². The molecule has 0 atom stereocenters. The summed E-state index contributed by atoms with van der Waals surface area (Å²) >= 11 is 11.5. The zero-order chi connectivity index (χ0) is 14.4. The first-order valence-corrected chi connectivity index (χ1v) is 6.24. The maximum Gasteiger partial charge on any atom is 0.266 e. The lowest BCUT2D eigenvalue weighted by atomic mass is 10.1. The molecular weight excluding hydrogens is 306 g/mol. The van der Waals surface area contributed by atoms with Crippen LogP contribution in [0.25, 0.3) is 0 Å². The van der Waals surface area contributed by atoms with E-state index in [2.05, 4.69) is 4.98 Å². The van der Waals surface area contributed by atoms with Crippen molar-refractivity contribution in [1.82, 2.24) is 4.98 Å². The quantitative estimate of drug-likeness (QED) is 0.599. The molecule has 0 saturated heterocycles. The first kappa shape index (κ1) is 13.0. The van der Waals surface area contributed by atoms with E-state index in [0.717, 1.165) is 17.0 Å². The van der Waals surface area contributed by atoms with Crippen LogP contribution in [-0.2, 0) is 0 Å². The van der Waals surface area contributed by atoms with E-state index in [1.807, 2.05) is 0 Å². The predicted molar refractivity (Wildman–Crippen MR) is 71.8 cm³/mol. The molecule has 2 heterocycles. The lowest BCUT2D eigenvalue weighted by Crippen LogP contribution is -2.29. The molecular formula is C13H5Cl2FN2O2. The summed E-state index contributed by atoms with van der Waals surface area (Å²) in [6, 6.07) is 6.10. The summed E-state index contributed by atoms with van der Waals surface area (Å²) in [5.41, 5.74) is 0.348. The van der Waals surface area contributed by atoms with Gasteiger partial charge >= 0.3 is 0 Å². The van der Waals surface area contributed by atoms with Gasteiger partial charge in [0.1, 0.15) is 16.1 Å². The van der Waals surface area contributed by atoms with Crippen molar-refractivity contribution in [2.75, 3.05) is 4.90 Å². The molecule has 1 aliphatic rings. The van der Waals surface area contributed by atoms with E-state index < -0.39 is 17.6 Å². The van der Waals surface area contributed by atoms with Crippen LogP contribution in [0.15, 0.2) is 30.3 Å². The second-order valence-electron chi connectivity index (χ2n) is 4.11. The van der Waals surface area contributed by atoms with Gasteiger partial charge in [-0.25, -0.2) is 14.3 Å². The van der Waals surface area contributed by atoms with E-state index in [1.165, 1.54) is 18.2 Å². The summed E-state index contributed by atoms with van der Waals surface area (Å²) in [5.74, 6) is -1.76. The van der Waals surface area contributed by atoms with Gasteiger partial charge in [-0.3, -0.25) is 9.59 Å². The molecule has 0 aliphatic carbocycles. The molecule has 0 spiro atoms. The molecule has 0 radical (unpaired) electrons. The first-order chi connectivity index (χ1) is 9.47. The SMILES string of the molecule is O=C1c2ccc(F)cc2C(=O)N1c1cc(Cl)nc(Cl)c1. The number of imide groups is 1. The number of halogens is 3. The Bertz CT molecular complexity index is 744. The number of benzene rings is 1. The van der Waals surface area contributed by atoms with Gasteiger partial charge in [0.2, 0.25) is 0 Å². The summed E-state index contributed by atoms with van der Waals surface area (Å²) in [4.78, 5) is 29.1. The second kappa shape index (κ2) is 4.54. The number of hydrogen-bond donors (Lipinski definition) is 0. The molecule has 0 saturated carbocycles. The van der Waals surface area contributed by atoms with Crippen molar-refractivity contribution in [3.63, 3.8) is 0 Å². The van der Waals surface area contributed by atoms with Gasteiger partial charge in [0.25, 0.3) is 11.8 Å². The number of carbonyl (C=O) groups is 2. The minimum Gasteiger partial charge on any atom is -0.268 e. The number of fused-ring (bicyclic) bond motifs is 1. The van der Waals surface area contributed by atoms with Crippen LogP contribution in [0.3, 0.4) is 0 Å². The van der Waals surface area contributed by atoms with Crippen molar-refractivity contribution in [3.8, 4) is 0 Å². The number of aromatic nitrogens is 1. The molecule has 1 aliphatic heterocycles. The van der Waals surface area contributed by atoms with Crippen LogP contribution >= 0.6 is 23.2 Å². The van der Waals surface area contributed by atoms with Gasteiger partial charge in [-0.05, 0) is 30.3 Å². The van der Waals surface area contributed by atoms with Crippen molar-refractivity contribution in [2.45, 2.75) is 0 Å². The monoisotopic (exact) mass is 310 g/mol. The van der Waals surface area contributed by atoms with Crippen molar-refractivity contribution in [1.29, 1.82) is 0 Å². The number of pyridine rings is 1. The van der Waals surface area contributed by atoms with Gasteiger partial charge < -0.3 is 0 Å². The largest absolute Gasteiger partial charge is 0.268 e. The maximum atomic E-state index is 13.2. The molecule has 100 valence electrons. The lowest BCUT2D eigenvalue weighted by molar-refractivity contribution is 0.0926. The summed E-state index contributed by atoms with van der Waals surface area (Å²) in [6.07, 6.45) is 0. The summed E-state index contributed by atoms with van der Waals surface area (Å²) in [7, 11) is 0. The van der Waals surface area contributed by atoms with Gasteiger partial charge in [0, 0.05) is 0 Å². The number of hydrogen-bond acceptors (Lipinski definition) is 3. The van der Waals surface area contributed by atoms with Gasteiger partial charge in [0.05, 0.1) is 16.8 Å². The molecule has 0 unspecified atom stereocenters. The molecule has 4 nitrogen and oxygen atoms in total. The zero-order valence-electron chi connectivity index (χ0n) is 9.73. The highest BCUT2D eigenvalue weighted by molar-refractivity contribution is 6.36. The standard InChI is InChI=1S/C13H5Cl2FN2O2/c14-10-4-7(5-11(15)17-10)18-12(19)8-2-1-6(16)3-9(8)13(18)20/h1-5H. The summed E-state index contributed by atoms with van der Waals surface area (Å²) in [5, 5.41) is 0.102. The van der Waals surface area contributed by atoms with Gasteiger partial charge in [-0.2, -0.15) is 0 Å². The van der Waals surface area contributed by atoms with Crippen LogP contribution in [0, 0.1) is 5.82 Å². The van der Waals surface area contributed by atoms with Crippen molar-refractivity contribution in [2.24, 2.45) is 0 Å². The van der Waals surface area contributed by atoms with Crippen LogP contribution in [0.2, 0.25) is 10.3 Å². The van der Waals surface area contributed by atoms with Crippen molar-refractivity contribution in [3.05, 3.63) is 57.6 Å². The van der Waals surface area contributed by atoms with Crippen LogP contribution in [0.4, 0.5) is 10.1 Å². The van der Waals surface area contributed by atoms with Crippen LogP contribution in [-0.4, -0.2) is 16.8 Å². The highest BCUT2D eigenvalue weighted by Crippen LogP contribution is 2.31. The Morgan fingerprint density at radius 2 is 1.55 bits per heavy atom. The molecule has 1 aromatic carbocycles. The number of rotatable bonds is 1. The van der Waals surface area contributed by atoms with Gasteiger partial charge in [0.15, 0.2) is 0 Å². The molecule has 7 heteroatoms. The zero-order valence-corrected chi connectivity index (χ0v) is 11.2. The smallest absolute Gasteiger partial charge is 0.266 e. The Labute approximate surface area is 122 Å². The molecule has 2 aromatic rings. The van der Waals surface area contributed by atoms with E-state index in [9.17, 15) is 14.0 Å². The molecule has 2 amide bonds. The highest BCUT2D eigenvalue weighted by Gasteiger charge is 2.37. The Hall–Kier alpha value is -1.98. The van der Waals surface area contributed by atoms with E-state index in [0.29, 0.717) is 0 Å². The number of nitrogens with zero attached hydrogens (tertiary/aromatic N) is 2. The van der Waals surface area contributed by atoms with Gasteiger partial charge in [-0.15, -0.1) is 0 Å². The first-order valence-electron chi connectivity index (χ1n) is 5.49. The number of amides is 2. The fourth-order valence-corrected chi connectivity index (χ4v) is 2.48. The Morgan fingerprint density at radius 3 is 2.20 bits per heavy atom. The minimum atomic E-state index is -0.622. The molecule has 0 N–H and O–H groups in total. The minimum absolute atomic E-state index is 0.0130. The van der Waals surface area contributed by atoms with Crippen LogP contribution < -0.4 is 4.90 Å². The number of carbonyl (C=O) groups excluding carboxylic acids is 2. The van der Waals surface area contributed by atoms with E-state index in [-0.39, 0.29) is 27.1 Å². The molecule has 3 rings (SSSR count). The molecule has 0 fully saturated rings. The molecule has 1 aromatic heterocycles. The third-order valence-corrected chi connectivity index (χ3v) is 3.24.